The Labute approximate surface area is 177 Å². The van der Waals surface area contributed by atoms with Crippen molar-refractivity contribution in [3.8, 4) is 0 Å². The van der Waals surface area contributed by atoms with Gasteiger partial charge in [-0.25, -0.2) is 4.90 Å². The minimum atomic E-state index is -0.294. The molecule has 2 amide bonds. The lowest BCUT2D eigenvalue weighted by Crippen LogP contribution is -2.37. The Kier molecular flexibility index (Phi) is 4.49. The molecular weight excluding hydrogens is 404 g/mol. The summed E-state index contributed by atoms with van der Waals surface area (Å²) in [6.07, 6.45) is 1.90. The van der Waals surface area contributed by atoms with E-state index in [2.05, 4.69) is 6.07 Å². The zero-order valence-corrected chi connectivity index (χ0v) is 17.0. The number of carbonyl (C=O) groups is 2. The number of halogens is 1. The average Bonchev–Trinajstić information content (AvgIpc) is 3.35. The van der Waals surface area contributed by atoms with Gasteiger partial charge in [0, 0.05) is 22.1 Å². The number of anilines is 2. The van der Waals surface area contributed by atoms with Gasteiger partial charge < -0.3 is 4.90 Å². The first kappa shape index (κ1) is 18.2. The lowest BCUT2D eigenvalue weighted by Gasteiger charge is -2.32. The number of fused-ring (bicyclic) bond motifs is 1. The predicted molar refractivity (Wildman–Crippen MR) is 117 cm³/mol. The van der Waals surface area contributed by atoms with E-state index in [0.29, 0.717) is 28.5 Å². The van der Waals surface area contributed by atoms with Gasteiger partial charge in [-0.2, -0.15) is 0 Å². The molecule has 3 aromatic rings. The summed E-state index contributed by atoms with van der Waals surface area (Å²) in [7, 11) is 0. The quantitative estimate of drug-likeness (QED) is 0.551. The Hall–Kier alpha value is -2.89. The van der Waals surface area contributed by atoms with Crippen molar-refractivity contribution in [2.24, 2.45) is 0 Å². The van der Waals surface area contributed by atoms with E-state index in [1.54, 1.807) is 24.3 Å². The fourth-order valence-electron chi connectivity index (χ4n) is 4.00. The normalized spacial score (nSPS) is 16.6. The lowest BCUT2D eigenvalue weighted by atomic mass is 10.00. The van der Waals surface area contributed by atoms with Crippen LogP contribution in [0.3, 0.4) is 0 Å². The average molecular weight is 421 g/mol. The van der Waals surface area contributed by atoms with Crippen LogP contribution in [-0.4, -0.2) is 18.4 Å². The molecule has 1 aromatic heterocycles. The number of hydrogen-bond acceptors (Lipinski definition) is 4. The molecule has 0 atom stereocenters. The predicted octanol–water partition coefficient (Wildman–Crippen LogP) is 5.14. The molecule has 0 unspecified atom stereocenters. The summed E-state index contributed by atoms with van der Waals surface area (Å²) in [6, 6.07) is 18.7. The van der Waals surface area contributed by atoms with Gasteiger partial charge in [-0.15, -0.1) is 11.3 Å². The molecular formula is C23H17ClN2O2S. The summed E-state index contributed by atoms with van der Waals surface area (Å²) >= 11 is 7.47. The molecule has 2 aromatic carbocycles. The number of benzene rings is 2. The highest BCUT2D eigenvalue weighted by atomic mass is 35.5. The first-order chi connectivity index (χ1) is 14.1. The van der Waals surface area contributed by atoms with Crippen molar-refractivity contribution in [1.82, 2.24) is 0 Å². The maximum atomic E-state index is 13.6. The van der Waals surface area contributed by atoms with E-state index in [1.165, 1.54) is 21.8 Å². The highest BCUT2D eigenvalue weighted by Crippen LogP contribution is 2.40. The Balaban J connectivity index is 1.68. The van der Waals surface area contributed by atoms with E-state index in [1.807, 2.05) is 40.6 Å². The van der Waals surface area contributed by atoms with Crippen LogP contribution in [0.2, 0.25) is 5.02 Å². The molecule has 2 aliphatic heterocycles. The van der Waals surface area contributed by atoms with Crippen LogP contribution in [0.4, 0.5) is 11.4 Å². The van der Waals surface area contributed by atoms with Crippen molar-refractivity contribution in [2.45, 2.75) is 12.8 Å². The number of nitrogens with zero attached hydrogens (tertiary/aromatic N) is 2. The molecule has 3 heterocycles. The molecule has 0 bridgehead atoms. The molecule has 29 heavy (non-hydrogen) atoms. The number of rotatable bonds is 3. The number of imide groups is 1. The third-order valence-corrected chi connectivity index (χ3v) is 6.43. The van der Waals surface area contributed by atoms with Gasteiger partial charge in [0.2, 0.25) is 0 Å². The number of para-hydroxylation sites is 1. The van der Waals surface area contributed by atoms with Gasteiger partial charge in [-0.3, -0.25) is 9.59 Å². The molecule has 0 N–H and O–H groups in total. The summed E-state index contributed by atoms with van der Waals surface area (Å²) in [5, 5.41) is 2.48. The molecule has 5 rings (SSSR count). The molecule has 0 saturated carbocycles. The summed E-state index contributed by atoms with van der Waals surface area (Å²) in [6.45, 7) is 0.703. The van der Waals surface area contributed by atoms with Crippen molar-refractivity contribution in [2.75, 3.05) is 16.3 Å². The van der Waals surface area contributed by atoms with Gasteiger partial charge in [-0.05, 0) is 60.2 Å². The van der Waals surface area contributed by atoms with E-state index in [9.17, 15) is 9.59 Å². The second kappa shape index (κ2) is 7.17. The van der Waals surface area contributed by atoms with Crippen molar-refractivity contribution >= 4 is 51.7 Å². The van der Waals surface area contributed by atoms with Crippen LogP contribution in [0.25, 0.3) is 5.57 Å². The molecule has 6 heteroatoms. The first-order valence-corrected chi connectivity index (χ1v) is 10.7. The van der Waals surface area contributed by atoms with E-state index in [-0.39, 0.29) is 11.8 Å². The van der Waals surface area contributed by atoms with Crippen molar-refractivity contribution in [3.63, 3.8) is 0 Å². The van der Waals surface area contributed by atoms with E-state index in [4.69, 9.17) is 11.6 Å². The topological polar surface area (TPSA) is 40.6 Å². The van der Waals surface area contributed by atoms with Crippen LogP contribution in [0.15, 0.2) is 71.7 Å². The Bertz CT molecular complexity index is 1140. The maximum Gasteiger partial charge on any atom is 0.282 e. The monoisotopic (exact) mass is 420 g/mol. The van der Waals surface area contributed by atoms with Crippen LogP contribution < -0.4 is 9.80 Å². The van der Waals surface area contributed by atoms with Gasteiger partial charge in [0.15, 0.2) is 0 Å². The third-order valence-electron chi connectivity index (χ3n) is 5.29. The molecule has 0 aliphatic carbocycles. The largest absolute Gasteiger partial charge is 0.336 e. The van der Waals surface area contributed by atoms with Crippen molar-refractivity contribution in [3.05, 3.63) is 87.2 Å². The highest BCUT2D eigenvalue weighted by molar-refractivity contribution is 7.11. The molecule has 0 saturated heterocycles. The second-order valence-corrected chi connectivity index (χ2v) is 8.39. The van der Waals surface area contributed by atoms with Crippen LogP contribution in [0.5, 0.6) is 0 Å². The summed E-state index contributed by atoms with van der Waals surface area (Å²) in [4.78, 5) is 31.1. The minimum Gasteiger partial charge on any atom is -0.336 e. The zero-order valence-electron chi connectivity index (χ0n) is 15.5. The summed E-state index contributed by atoms with van der Waals surface area (Å²) < 4.78 is 0. The molecule has 144 valence electrons. The van der Waals surface area contributed by atoms with Crippen LogP contribution in [-0.2, 0) is 16.0 Å². The second-order valence-electron chi connectivity index (χ2n) is 7.01. The fourth-order valence-corrected chi connectivity index (χ4v) is 4.89. The van der Waals surface area contributed by atoms with Crippen LogP contribution in [0, 0.1) is 0 Å². The number of carbonyl (C=O) groups excluding carboxylic acids is 2. The summed E-state index contributed by atoms with van der Waals surface area (Å²) in [5.74, 6) is -0.588. The maximum absolute atomic E-state index is 13.6. The number of amides is 2. The molecule has 0 fully saturated rings. The molecule has 0 spiro atoms. The fraction of sp³-hybridized carbons (Fsp3) is 0.130. The van der Waals surface area contributed by atoms with Crippen LogP contribution >= 0.6 is 22.9 Å². The highest BCUT2D eigenvalue weighted by Gasteiger charge is 2.43. The van der Waals surface area contributed by atoms with Gasteiger partial charge in [-0.1, -0.05) is 35.9 Å². The molecule has 0 radical (unpaired) electrons. The third kappa shape index (κ3) is 2.98. The van der Waals surface area contributed by atoms with Gasteiger partial charge in [0.1, 0.15) is 5.70 Å². The van der Waals surface area contributed by atoms with E-state index < -0.39 is 0 Å². The van der Waals surface area contributed by atoms with Crippen LogP contribution in [0.1, 0.15) is 16.9 Å². The summed E-state index contributed by atoms with van der Waals surface area (Å²) in [5.41, 5.74) is 3.65. The number of thiophene rings is 1. The van der Waals surface area contributed by atoms with Gasteiger partial charge in [0.25, 0.3) is 11.8 Å². The van der Waals surface area contributed by atoms with E-state index in [0.717, 1.165) is 23.4 Å². The smallest absolute Gasteiger partial charge is 0.282 e. The standard InChI is InChI=1S/C23H17ClN2O2S/c24-16-9-11-17(12-10-16)26-22(27)20(19-8-4-14-29-19)21(23(26)28)25-13-3-6-15-5-1-2-7-18(15)25/h1-2,4-5,7-12,14H,3,6,13H2. The number of hydrogen-bond donors (Lipinski definition) is 0. The van der Waals surface area contributed by atoms with Gasteiger partial charge in [0.05, 0.1) is 11.3 Å². The lowest BCUT2D eigenvalue weighted by molar-refractivity contribution is -0.120. The first-order valence-electron chi connectivity index (χ1n) is 9.43. The van der Waals surface area contributed by atoms with Gasteiger partial charge >= 0.3 is 0 Å². The SMILES string of the molecule is O=C1C(c2cccs2)=C(N2CCCc3ccccc32)C(=O)N1c1ccc(Cl)cc1. The van der Waals surface area contributed by atoms with E-state index >= 15 is 0 Å². The number of aryl methyl sites for hydroxylation is 1. The molecule has 2 aliphatic rings. The zero-order chi connectivity index (χ0) is 20.0. The Morgan fingerprint density at radius 3 is 2.45 bits per heavy atom. The Morgan fingerprint density at radius 1 is 0.897 bits per heavy atom. The Morgan fingerprint density at radius 2 is 1.69 bits per heavy atom. The molecule has 4 nitrogen and oxygen atoms in total. The minimum absolute atomic E-state index is 0.294. The van der Waals surface area contributed by atoms with Crippen molar-refractivity contribution in [1.29, 1.82) is 0 Å². The van der Waals surface area contributed by atoms with Crippen molar-refractivity contribution < 1.29 is 9.59 Å².